The van der Waals surface area contributed by atoms with Gasteiger partial charge in [-0.25, -0.2) is 25.3 Å². The van der Waals surface area contributed by atoms with Crippen LogP contribution < -0.4 is 0 Å². The highest BCUT2D eigenvalue weighted by atomic mass is 32.3. The van der Waals surface area contributed by atoms with Gasteiger partial charge in [-0.2, -0.15) is 48.3 Å². The fourth-order valence-corrected chi connectivity index (χ4v) is 6.78. The lowest BCUT2D eigenvalue weighted by Gasteiger charge is -2.44. The summed E-state index contributed by atoms with van der Waals surface area (Å²) in [5.41, 5.74) is -12.4. The van der Waals surface area contributed by atoms with E-state index in [1.807, 2.05) is 0 Å². The second kappa shape index (κ2) is 10.4. The summed E-state index contributed by atoms with van der Waals surface area (Å²) in [5, 5.41) is -7.40. The first-order valence-corrected chi connectivity index (χ1v) is 13.4. The molecule has 0 spiro atoms. The molecule has 1 rings (SSSR count). The molecule has 0 amide bonds. The van der Waals surface area contributed by atoms with E-state index in [2.05, 4.69) is 0 Å². The lowest BCUT2D eigenvalue weighted by Crippen LogP contribution is -2.63. The van der Waals surface area contributed by atoms with Gasteiger partial charge >= 0.3 is 22.4 Å². The van der Waals surface area contributed by atoms with E-state index in [1.165, 1.54) is 7.05 Å². The number of piperidine rings is 1. The average Bonchev–Trinajstić information content (AvgIpc) is 2.58. The van der Waals surface area contributed by atoms with Crippen molar-refractivity contribution in [3.8, 4) is 0 Å². The number of hydrogen-bond acceptors (Lipinski definition) is 6. The van der Waals surface area contributed by atoms with Crippen LogP contribution in [0.5, 0.6) is 0 Å². The predicted octanol–water partition coefficient (Wildman–Crippen LogP) is 3.98. The van der Waals surface area contributed by atoms with Gasteiger partial charge in [0.25, 0.3) is 9.84 Å². The molecule has 2 unspecified atom stereocenters. The molecule has 0 aromatic heterocycles. The molecule has 1 heterocycles. The average molecular weight is 604 g/mol. The molecule has 0 radical (unpaired) electrons. The Morgan fingerprint density at radius 3 is 1.49 bits per heavy atom. The maximum Gasteiger partial charge on any atom is 0.480 e. The lowest BCUT2D eigenvalue weighted by molar-refractivity contribution is -0.925. The van der Waals surface area contributed by atoms with E-state index in [0.717, 1.165) is 4.13 Å². The standard InChI is InChI=1S/C11H19F5NO2S.C2F6NO4S2/c1-3-7-17(2)8-5-4-6-9(17)20(18,19)11(15,16)10(12,13)14;3-1(4,5)14(10,11)9-15(12,13)2(6,7)8/h9H,3-8H2,1-2H3;/q+1;-1. The monoisotopic (exact) mass is 604 g/mol. The van der Waals surface area contributed by atoms with E-state index in [9.17, 15) is 73.5 Å². The second-order valence-electron chi connectivity index (χ2n) is 7.35. The van der Waals surface area contributed by atoms with Crippen LogP contribution in [0.2, 0.25) is 0 Å². The third kappa shape index (κ3) is 7.51. The molecule has 0 saturated carbocycles. The highest BCUT2D eigenvalue weighted by Crippen LogP contribution is 2.45. The van der Waals surface area contributed by atoms with Crippen LogP contribution in [-0.2, 0) is 29.9 Å². The fourth-order valence-electron chi connectivity index (χ4n) is 3.05. The number of halogens is 11. The maximum absolute atomic E-state index is 13.4. The van der Waals surface area contributed by atoms with Crippen molar-refractivity contribution in [1.82, 2.24) is 0 Å². The number of likely N-dealkylation sites (tertiary alicyclic amines) is 1. The number of rotatable bonds is 6. The molecule has 8 nitrogen and oxygen atoms in total. The van der Waals surface area contributed by atoms with Crippen LogP contribution in [0.3, 0.4) is 0 Å². The Hall–Kier alpha value is -1.00. The Balaban J connectivity index is 0.000000691. The Morgan fingerprint density at radius 1 is 0.771 bits per heavy atom. The van der Waals surface area contributed by atoms with Crippen molar-refractivity contribution in [2.45, 2.75) is 60.4 Å². The molecule has 0 aliphatic carbocycles. The van der Waals surface area contributed by atoms with Crippen molar-refractivity contribution in [2.24, 2.45) is 0 Å². The zero-order valence-corrected chi connectivity index (χ0v) is 20.0. The van der Waals surface area contributed by atoms with Crippen molar-refractivity contribution in [2.75, 3.05) is 20.1 Å². The highest BCUT2D eigenvalue weighted by Gasteiger charge is 2.71. The number of sulfonamides is 2. The van der Waals surface area contributed by atoms with Gasteiger partial charge in [0.15, 0.2) is 25.4 Å². The molecular weight excluding hydrogens is 585 g/mol. The van der Waals surface area contributed by atoms with Crippen LogP contribution in [0, 0.1) is 0 Å². The zero-order valence-electron chi connectivity index (χ0n) is 17.5. The summed E-state index contributed by atoms with van der Waals surface area (Å²) in [5.74, 6) is 0. The molecule has 1 aliphatic heterocycles. The first-order chi connectivity index (χ1) is 15.1. The topological polar surface area (TPSA) is 117 Å². The molecule has 35 heavy (non-hydrogen) atoms. The molecule has 1 fully saturated rings. The van der Waals surface area contributed by atoms with Gasteiger partial charge in [0.05, 0.1) is 20.1 Å². The van der Waals surface area contributed by atoms with Crippen LogP contribution in [0.25, 0.3) is 4.13 Å². The van der Waals surface area contributed by atoms with Crippen LogP contribution in [0.15, 0.2) is 0 Å². The first kappa shape index (κ1) is 34.0. The molecule has 2 atom stereocenters. The van der Waals surface area contributed by atoms with Crippen molar-refractivity contribution in [3.63, 3.8) is 0 Å². The highest BCUT2D eigenvalue weighted by molar-refractivity contribution is 8.13. The maximum atomic E-state index is 13.4. The molecule has 1 aliphatic rings. The van der Waals surface area contributed by atoms with Gasteiger partial charge in [0, 0.05) is 6.42 Å². The van der Waals surface area contributed by atoms with Gasteiger partial charge in [-0.05, 0) is 19.3 Å². The Bertz CT molecular complexity index is 1000. The van der Waals surface area contributed by atoms with Gasteiger partial charge in [-0.15, -0.1) is 0 Å². The fraction of sp³-hybridized carbons (Fsp3) is 1.00. The summed E-state index contributed by atoms with van der Waals surface area (Å²) < 4.78 is 196. The molecule has 0 bridgehead atoms. The van der Waals surface area contributed by atoms with Crippen LogP contribution in [0.4, 0.5) is 48.3 Å². The third-order valence-electron chi connectivity index (χ3n) is 4.63. The SMILES string of the molecule is CCC[N+]1(C)CCCCC1S(=O)(=O)C(F)(F)C(F)(F)F.O=S(=O)([N-]S(=O)(=O)C(F)(F)F)C(F)(F)F. The number of quaternary nitrogens is 1. The van der Waals surface area contributed by atoms with Gasteiger partial charge in [0.2, 0.25) is 0 Å². The largest absolute Gasteiger partial charge is 0.480 e. The number of alkyl halides is 11. The number of sulfone groups is 1. The minimum Gasteiger partial charge on any atom is -0.421 e. The lowest BCUT2D eigenvalue weighted by atomic mass is 10.1. The van der Waals surface area contributed by atoms with Gasteiger partial charge in [-0.3, -0.25) is 0 Å². The van der Waals surface area contributed by atoms with E-state index < -0.39 is 57.7 Å². The van der Waals surface area contributed by atoms with E-state index in [0.29, 0.717) is 25.8 Å². The molecule has 0 aromatic carbocycles. The molecule has 22 heteroatoms. The Labute approximate surface area is 193 Å². The van der Waals surface area contributed by atoms with Gasteiger partial charge in [-0.1, -0.05) is 6.92 Å². The Morgan fingerprint density at radius 2 is 1.17 bits per heavy atom. The second-order valence-corrected chi connectivity index (χ2v) is 12.9. The van der Waals surface area contributed by atoms with Crippen molar-refractivity contribution < 1.29 is 78.0 Å². The first-order valence-electron chi connectivity index (χ1n) is 9.00. The summed E-state index contributed by atoms with van der Waals surface area (Å²) in [6.07, 6.45) is -4.76. The summed E-state index contributed by atoms with van der Waals surface area (Å²) in [6, 6.07) is 0. The molecule has 1 saturated heterocycles. The zero-order chi connectivity index (χ0) is 28.5. The predicted molar refractivity (Wildman–Crippen MR) is 97.1 cm³/mol. The van der Waals surface area contributed by atoms with Crippen LogP contribution in [-0.4, -0.2) is 77.7 Å². The minimum atomic E-state index is -6.72. The van der Waals surface area contributed by atoms with E-state index in [1.54, 1.807) is 6.92 Å². The molecule has 212 valence electrons. The number of hydrogen-bond donors (Lipinski definition) is 0. The smallest absolute Gasteiger partial charge is 0.421 e. The summed E-state index contributed by atoms with van der Waals surface area (Å²) in [6.45, 7) is 2.30. The van der Waals surface area contributed by atoms with Crippen molar-refractivity contribution in [3.05, 3.63) is 4.13 Å². The van der Waals surface area contributed by atoms with E-state index >= 15 is 0 Å². The Kier molecular flexibility index (Phi) is 10.1. The summed E-state index contributed by atoms with van der Waals surface area (Å²) in [4.78, 5) is 0. The van der Waals surface area contributed by atoms with Crippen molar-refractivity contribution >= 4 is 29.9 Å². The molecular formula is C13H19F11N2O6S3. The van der Waals surface area contributed by atoms with E-state index in [4.69, 9.17) is 0 Å². The summed E-state index contributed by atoms with van der Waals surface area (Å²) >= 11 is 0. The quantitative estimate of drug-likeness (QED) is 0.335. The van der Waals surface area contributed by atoms with Gasteiger partial charge < -0.3 is 8.61 Å². The van der Waals surface area contributed by atoms with Gasteiger partial charge in [0.1, 0.15) is 0 Å². The van der Waals surface area contributed by atoms with Crippen molar-refractivity contribution in [1.29, 1.82) is 0 Å². The summed E-state index contributed by atoms with van der Waals surface area (Å²) in [7, 11) is -17.6. The number of nitrogens with zero attached hydrogens (tertiary/aromatic N) is 2. The van der Waals surface area contributed by atoms with Crippen LogP contribution >= 0.6 is 0 Å². The van der Waals surface area contributed by atoms with E-state index in [-0.39, 0.29) is 17.4 Å². The molecule has 0 N–H and O–H groups in total. The van der Waals surface area contributed by atoms with Crippen LogP contribution in [0.1, 0.15) is 32.6 Å². The minimum absolute atomic E-state index is 0.162. The third-order valence-corrected chi connectivity index (χ3v) is 9.77. The molecule has 0 aromatic rings. The normalized spacial score (nSPS) is 23.4.